The molecule has 2 aliphatic rings. The molecule has 1 amide bonds. The third-order valence-corrected chi connectivity index (χ3v) is 6.83. The van der Waals surface area contributed by atoms with Crippen molar-refractivity contribution in [1.29, 1.82) is 0 Å². The van der Waals surface area contributed by atoms with E-state index in [9.17, 15) is 9.18 Å². The Labute approximate surface area is 194 Å². The summed E-state index contributed by atoms with van der Waals surface area (Å²) < 4.78 is 21.5. The smallest absolute Gasteiger partial charge is 0.266 e. The molecule has 5 rings (SSSR count). The van der Waals surface area contributed by atoms with Crippen LogP contribution in [0.4, 0.5) is 4.39 Å². The van der Waals surface area contributed by atoms with Gasteiger partial charge in [0.15, 0.2) is 0 Å². The van der Waals surface area contributed by atoms with Gasteiger partial charge in [0.25, 0.3) is 5.91 Å². The Morgan fingerprint density at radius 1 is 1.19 bits per heavy atom. The minimum Gasteiger partial charge on any atom is -0.376 e. The first-order chi connectivity index (χ1) is 15.6. The van der Waals surface area contributed by atoms with Gasteiger partial charge in [-0.05, 0) is 55.3 Å². The number of amides is 1. The van der Waals surface area contributed by atoms with E-state index in [2.05, 4.69) is 0 Å². The predicted octanol–water partition coefficient (Wildman–Crippen LogP) is 5.06. The summed E-state index contributed by atoms with van der Waals surface area (Å²) in [5.74, 6) is -0.430. The second-order valence-electron chi connectivity index (χ2n) is 7.65. The van der Waals surface area contributed by atoms with E-state index in [0.29, 0.717) is 21.5 Å². The Hall–Kier alpha value is -2.81. The van der Waals surface area contributed by atoms with Crippen molar-refractivity contribution in [2.45, 2.75) is 18.9 Å². The molecule has 32 heavy (non-hydrogen) atoms. The van der Waals surface area contributed by atoms with Crippen molar-refractivity contribution in [2.24, 2.45) is 0 Å². The molecular formula is C24H20FN3O2S2. The molecule has 3 heterocycles. The molecule has 1 atom stereocenters. The maximum absolute atomic E-state index is 13.5. The van der Waals surface area contributed by atoms with Crippen LogP contribution < -0.4 is 0 Å². The highest BCUT2D eigenvalue weighted by Gasteiger charge is 2.35. The van der Waals surface area contributed by atoms with Crippen molar-refractivity contribution < 1.29 is 13.9 Å². The lowest BCUT2D eigenvalue weighted by Crippen LogP contribution is -2.35. The number of para-hydroxylation sites is 1. The van der Waals surface area contributed by atoms with Crippen LogP contribution in [0.2, 0.25) is 0 Å². The summed E-state index contributed by atoms with van der Waals surface area (Å²) in [6.07, 6.45) is 5.68. The fourth-order valence-corrected chi connectivity index (χ4v) is 5.09. The Morgan fingerprint density at radius 3 is 2.69 bits per heavy atom. The van der Waals surface area contributed by atoms with Crippen LogP contribution in [0.25, 0.3) is 23.0 Å². The summed E-state index contributed by atoms with van der Waals surface area (Å²) in [5, 5.41) is 4.73. The van der Waals surface area contributed by atoms with Crippen molar-refractivity contribution in [3.05, 3.63) is 77.1 Å². The molecule has 2 saturated heterocycles. The Bertz CT molecular complexity index is 1190. The van der Waals surface area contributed by atoms with Gasteiger partial charge in [-0.25, -0.2) is 9.07 Å². The number of hydrogen-bond acceptors (Lipinski definition) is 5. The van der Waals surface area contributed by atoms with Gasteiger partial charge in [-0.3, -0.25) is 9.69 Å². The molecule has 2 aliphatic heterocycles. The highest BCUT2D eigenvalue weighted by atomic mass is 32.2. The second-order valence-corrected chi connectivity index (χ2v) is 9.32. The summed E-state index contributed by atoms with van der Waals surface area (Å²) in [5.41, 5.74) is 3.08. The summed E-state index contributed by atoms with van der Waals surface area (Å²) in [7, 11) is 0. The topological polar surface area (TPSA) is 47.4 Å². The minimum atomic E-state index is -0.312. The number of carbonyl (C=O) groups is 1. The van der Waals surface area contributed by atoms with E-state index in [1.165, 1.54) is 23.9 Å². The number of rotatable bonds is 5. The van der Waals surface area contributed by atoms with E-state index in [1.807, 2.05) is 42.6 Å². The molecule has 5 nitrogen and oxygen atoms in total. The van der Waals surface area contributed by atoms with Crippen LogP contribution in [0.5, 0.6) is 0 Å². The van der Waals surface area contributed by atoms with Crippen molar-refractivity contribution in [2.75, 3.05) is 13.2 Å². The van der Waals surface area contributed by atoms with Gasteiger partial charge in [-0.1, -0.05) is 42.2 Å². The number of aromatic nitrogens is 2. The fraction of sp³-hybridized carbons (Fsp3) is 0.208. The summed E-state index contributed by atoms with van der Waals surface area (Å²) >= 11 is 6.76. The highest BCUT2D eigenvalue weighted by molar-refractivity contribution is 8.26. The molecule has 2 aromatic carbocycles. The van der Waals surface area contributed by atoms with Gasteiger partial charge in [0.2, 0.25) is 0 Å². The monoisotopic (exact) mass is 465 g/mol. The Morgan fingerprint density at radius 2 is 1.97 bits per heavy atom. The molecule has 8 heteroatoms. The van der Waals surface area contributed by atoms with E-state index in [1.54, 1.807) is 21.7 Å². The van der Waals surface area contributed by atoms with Gasteiger partial charge in [-0.2, -0.15) is 5.10 Å². The summed E-state index contributed by atoms with van der Waals surface area (Å²) in [4.78, 5) is 15.3. The minimum absolute atomic E-state index is 0.0347. The average molecular weight is 466 g/mol. The van der Waals surface area contributed by atoms with Crippen LogP contribution in [0.3, 0.4) is 0 Å². The number of benzene rings is 2. The number of carbonyl (C=O) groups excluding carboxylic acids is 1. The lowest BCUT2D eigenvalue weighted by Gasteiger charge is -2.18. The third-order valence-electron chi connectivity index (χ3n) is 5.45. The number of nitrogens with zero attached hydrogens (tertiary/aromatic N) is 3. The molecule has 0 radical (unpaired) electrons. The lowest BCUT2D eigenvalue weighted by molar-refractivity contribution is -0.123. The number of hydrogen-bond donors (Lipinski definition) is 0. The van der Waals surface area contributed by atoms with E-state index in [0.717, 1.165) is 36.3 Å². The summed E-state index contributed by atoms with van der Waals surface area (Å²) in [6.45, 7) is 1.21. The van der Waals surface area contributed by atoms with Crippen molar-refractivity contribution in [1.82, 2.24) is 14.7 Å². The van der Waals surface area contributed by atoms with E-state index in [4.69, 9.17) is 22.1 Å². The standard InChI is InChI=1S/C24H20FN3O2S2/c25-18-10-8-16(9-11-18)22-17(14-28(26-22)19-5-2-1-3-6-19)13-21-23(29)27(24(31)32-21)15-20-7-4-12-30-20/h1-3,5-6,8-11,13-14,20H,4,7,12,15H2/b21-13-. The Balaban J connectivity index is 1.51. The molecule has 0 bridgehead atoms. The van der Waals surface area contributed by atoms with Crippen LogP contribution >= 0.6 is 24.0 Å². The van der Waals surface area contributed by atoms with Crippen LogP contribution in [0, 0.1) is 5.82 Å². The van der Waals surface area contributed by atoms with Gasteiger partial charge in [0.1, 0.15) is 10.1 Å². The zero-order chi connectivity index (χ0) is 22.1. The molecule has 3 aromatic rings. The van der Waals surface area contributed by atoms with Gasteiger partial charge < -0.3 is 4.74 Å². The largest absolute Gasteiger partial charge is 0.376 e. The molecular weight excluding hydrogens is 445 g/mol. The first-order valence-electron chi connectivity index (χ1n) is 10.4. The van der Waals surface area contributed by atoms with Crippen molar-refractivity contribution >= 4 is 40.3 Å². The fourth-order valence-electron chi connectivity index (χ4n) is 3.83. The second kappa shape index (κ2) is 8.97. The molecule has 162 valence electrons. The normalized spacial score (nSPS) is 20.0. The number of halogens is 1. The first-order valence-corrected chi connectivity index (χ1v) is 11.6. The Kier molecular flexibility index (Phi) is 5.91. The molecule has 0 N–H and O–H groups in total. The van der Waals surface area contributed by atoms with E-state index < -0.39 is 0 Å². The van der Waals surface area contributed by atoms with Crippen LogP contribution in [-0.2, 0) is 9.53 Å². The lowest BCUT2D eigenvalue weighted by atomic mass is 10.1. The van der Waals surface area contributed by atoms with Crippen LogP contribution in [-0.4, -0.2) is 44.2 Å². The third kappa shape index (κ3) is 4.26. The van der Waals surface area contributed by atoms with E-state index >= 15 is 0 Å². The van der Waals surface area contributed by atoms with E-state index in [-0.39, 0.29) is 17.8 Å². The highest BCUT2D eigenvalue weighted by Crippen LogP contribution is 2.35. The van der Waals surface area contributed by atoms with Crippen LogP contribution in [0.15, 0.2) is 65.7 Å². The molecule has 1 aromatic heterocycles. The molecule has 0 aliphatic carbocycles. The van der Waals surface area contributed by atoms with Crippen molar-refractivity contribution in [3.8, 4) is 16.9 Å². The molecule has 0 spiro atoms. The molecule has 1 unspecified atom stereocenters. The zero-order valence-corrected chi connectivity index (χ0v) is 18.7. The van der Waals surface area contributed by atoms with Gasteiger partial charge in [0.05, 0.1) is 28.9 Å². The van der Waals surface area contributed by atoms with Crippen molar-refractivity contribution in [3.63, 3.8) is 0 Å². The number of thiocarbonyl (C=S) groups is 1. The zero-order valence-electron chi connectivity index (χ0n) is 17.1. The average Bonchev–Trinajstić information content (AvgIpc) is 3.53. The SMILES string of the molecule is O=C1/C(=C/c2cn(-c3ccccc3)nc2-c2ccc(F)cc2)SC(=S)N1CC1CCCO1. The number of ether oxygens (including phenoxy) is 1. The van der Waals surface area contributed by atoms with Gasteiger partial charge in [-0.15, -0.1) is 0 Å². The van der Waals surface area contributed by atoms with Gasteiger partial charge in [0, 0.05) is 23.9 Å². The summed E-state index contributed by atoms with van der Waals surface area (Å²) in [6, 6.07) is 15.9. The first kappa shape index (κ1) is 21.1. The maximum atomic E-state index is 13.5. The predicted molar refractivity (Wildman–Crippen MR) is 128 cm³/mol. The molecule has 2 fully saturated rings. The quantitative estimate of drug-likeness (QED) is 0.389. The number of thioether (sulfide) groups is 1. The maximum Gasteiger partial charge on any atom is 0.266 e. The van der Waals surface area contributed by atoms with Crippen LogP contribution in [0.1, 0.15) is 18.4 Å². The molecule has 0 saturated carbocycles. The van der Waals surface area contributed by atoms with Gasteiger partial charge >= 0.3 is 0 Å².